The molecule has 36 heavy (non-hydrogen) atoms. The van der Waals surface area contributed by atoms with E-state index >= 15 is 0 Å². The van der Waals surface area contributed by atoms with Gasteiger partial charge in [-0.05, 0) is 62.3 Å². The summed E-state index contributed by atoms with van der Waals surface area (Å²) in [6.07, 6.45) is 3.27. The Bertz CT molecular complexity index is 1100. The van der Waals surface area contributed by atoms with E-state index in [1.807, 2.05) is 25.5 Å². The van der Waals surface area contributed by atoms with Crippen LogP contribution in [-0.4, -0.2) is 60.5 Å². The number of carbonyl (C=O) groups is 3. The number of aromatic nitrogens is 2. The van der Waals surface area contributed by atoms with Crippen molar-refractivity contribution in [3.8, 4) is 0 Å². The number of esters is 1. The van der Waals surface area contributed by atoms with Crippen LogP contribution in [0.2, 0.25) is 0 Å². The van der Waals surface area contributed by atoms with Gasteiger partial charge >= 0.3 is 5.97 Å². The smallest absolute Gasteiger partial charge is 0.338 e. The van der Waals surface area contributed by atoms with Gasteiger partial charge in [0.25, 0.3) is 11.8 Å². The lowest BCUT2D eigenvalue weighted by molar-refractivity contribution is 0.0151. The molecule has 2 amide bonds. The molecule has 2 aliphatic rings. The molecular weight excluding hydrogens is 460 g/mol. The maximum Gasteiger partial charge on any atom is 0.338 e. The van der Waals surface area contributed by atoms with Crippen LogP contribution >= 0.6 is 0 Å². The van der Waals surface area contributed by atoms with Gasteiger partial charge in [0.05, 0.1) is 29.1 Å². The molecule has 2 aliphatic heterocycles. The first-order chi connectivity index (χ1) is 17.4. The fraction of sp³-hybridized carbons (Fsp3) is 0.556. The Labute approximate surface area is 211 Å². The number of rotatable bonds is 8. The van der Waals surface area contributed by atoms with Gasteiger partial charge in [0.2, 0.25) is 0 Å². The summed E-state index contributed by atoms with van der Waals surface area (Å²) in [5.74, 6) is -0.661. The molecule has 194 valence electrons. The van der Waals surface area contributed by atoms with Crippen LogP contribution in [0.3, 0.4) is 0 Å². The van der Waals surface area contributed by atoms with Crippen molar-refractivity contribution in [3.05, 3.63) is 52.3 Å². The first-order valence-corrected chi connectivity index (χ1v) is 12.9. The zero-order chi connectivity index (χ0) is 25.7. The molecule has 9 heteroatoms. The third kappa shape index (κ3) is 5.61. The normalized spacial score (nSPS) is 17.6. The molecule has 2 aromatic rings. The molecule has 1 saturated heterocycles. The third-order valence-electron chi connectivity index (χ3n) is 7.12. The fourth-order valence-corrected chi connectivity index (χ4v) is 4.99. The summed E-state index contributed by atoms with van der Waals surface area (Å²) < 4.78 is 13.1. The molecule has 1 aromatic carbocycles. The van der Waals surface area contributed by atoms with Crippen LogP contribution in [0.5, 0.6) is 0 Å². The molecule has 1 fully saturated rings. The van der Waals surface area contributed by atoms with Crippen molar-refractivity contribution in [1.29, 1.82) is 0 Å². The van der Waals surface area contributed by atoms with Gasteiger partial charge in [-0.15, -0.1) is 0 Å². The maximum atomic E-state index is 13.0. The van der Waals surface area contributed by atoms with Crippen molar-refractivity contribution >= 4 is 17.8 Å². The Morgan fingerprint density at radius 3 is 2.56 bits per heavy atom. The average molecular weight is 497 g/mol. The fourth-order valence-electron chi connectivity index (χ4n) is 4.99. The van der Waals surface area contributed by atoms with E-state index in [9.17, 15) is 14.4 Å². The molecule has 2 N–H and O–H groups in total. The largest absolute Gasteiger partial charge is 0.462 e. The van der Waals surface area contributed by atoms with E-state index in [1.54, 1.807) is 24.3 Å². The molecule has 3 heterocycles. The first-order valence-electron chi connectivity index (χ1n) is 12.9. The zero-order valence-electron chi connectivity index (χ0n) is 21.4. The summed E-state index contributed by atoms with van der Waals surface area (Å²) in [6.45, 7) is 9.24. The molecule has 0 radical (unpaired) electrons. The van der Waals surface area contributed by atoms with Crippen molar-refractivity contribution in [1.82, 2.24) is 20.4 Å². The number of amides is 2. The molecule has 0 saturated carbocycles. The summed E-state index contributed by atoms with van der Waals surface area (Å²) in [5, 5.41) is 10.7. The van der Waals surface area contributed by atoms with Crippen LogP contribution in [0.1, 0.15) is 76.1 Å². The topological polar surface area (TPSA) is 112 Å². The van der Waals surface area contributed by atoms with Crippen molar-refractivity contribution in [2.45, 2.75) is 53.0 Å². The minimum absolute atomic E-state index is 0.00536. The van der Waals surface area contributed by atoms with E-state index in [-0.39, 0.29) is 29.8 Å². The molecule has 0 bridgehead atoms. The highest BCUT2D eigenvalue weighted by atomic mass is 16.5. The summed E-state index contributed by atoms with van der Waals surface area (Å²) in [6, 6.07) is 6.44. The van der Waals surface area contributed by atoms with E-state index in [0.29, 0.717) is 56.0 Å². The van der Waals surface area contributed by atoms with Crippen molar-refractivity contribution in [3.63, 3.8) is 0 Å². The van der Waals surface area contributed by atoms with E-state index in [0.717, 1.165) is 30.7 Å². The molecule has 0 unspecified atom stereocenters. The molecule has 4 rings (SSSR count). The number of ether oxygens (including phenoxy) is 2. The van der Waals surface area contributed by atoms with Gasteiger partial charge in [-0.2, -0.15) is 5.10 Å². The number of nitrogens with zero attached hydrogens (tertiary/aromatic N) is 2. The van der Waals surface area contributed by atoms with Crippen LogP contribution in [0.25, 0.3) is 0 Å². The van der Waals surface area contributed by atoms with Gasteiger partial charge in [-0.25, -0.2) is 4.79 Å². The Hall–Kier alpha value is -3.20. The molecular formula is C27H36N4O5. The number of benzene rings is 1. The van der Waals surface area contributed by atoms with Gasteiger partial charge in [0.15, 0.2) is 0 Å². The highest BCUT2D eigenvalue weighted by Crippen LogP contribution is 2.37. The van der Waals surface area contributed by atoms with E-state index in [4.69, 9.17) is 14.6 Å². The van der Waals surface area contributed by atoms with Gasteiger partial charge in [0.1, 0.15) is 0 Å². The van der Waals surface area contributed by atoms with Crippen molar-refractivity contribution in [2.24, 2.45) is 11.3 Å². The summed E-state index contributed by atoms with van der Waals surface area (Å²) in [5.41, 5.74) is 3.37. The van der Waals surface area contributed by atoms with Crippen LogP contribution in [0, 0.1) is 11.3 Å². The third-order valence-corrected chi connectivity index (χ3v) is 7.12. The Balaban J connectivity index is 1.43. The molecule has 1 spiro atoms. The molecule has 9 nitrogen and oxygen atoms in total. The number of carbonyl (C=O) groups excluding carboxylic acids is 3. The minimum atomic E-state index is -0.432. The minimum Gasteiger partial charge on any atom is -0.462 e. The second-order valence-corrected chi connectivity index (χ2v) is 9.92. The SMILES string of the molecule is CCNC(=O)c1ccc(C(=O)OC[C@H](C)Cn2nc(CC)c3c2CC2(CCOCC2)CNC3=O)cc1. The lowest BCUT2D eigenvalue weighted by Crippen LogP contribution is -2.41. The van der Waals surface area contributed by atoms with Gasteiger partial charge in [0, 0.05) is 44.3 Å². The first kappa shape index (κ1) is 25.9. The number of aryl methyl sites for hydroxylation is 1. The predicted molar refractivity (Wildman–Crippen MR) is 134 cm³/mol. The van der Waals surface area contributed by atoms with Crippen LogP contribution in [0.15, 0.2) is 24.3 Å². The van der Waals surface area contributed by atoms with Crippen LogP contribution in [0.4, 0.5) is 0 Å². The van der Waals surface area contributed by atoms with Gasteiger partial charge in [-0.1, -0.05) is 13.8 Å². The molecule has 0 aliphatic carbocycles. The average Bonchev–Trinajstić information content (AvgIpc) is 3.15. The predicted octanol–water partition coefficient (Wildman–Crippen LogP) is 2.77. The number of hydrogen-bond acceptors (Lipinski definition) is 6. The van der Waals surface area contributed by atoms with E-state index < -0.39 is 5.97 Å². The Kier molecular flexibility index (Phi) is 8.08. The second-order valence-electron chi connectivity index (χ2n) is 9.92. The standard InChI is InChI=1S/C27H36N4O5/c1-4-21-23-22(14-27(17-29-25(23)33)10-12-35-13-11-27)31(30-21)15-18(3)16-36-26(34)20-8-6-19(7-9-20)24(32)28-5-2/h6-9,18H,4-5,10-17H2,1-3H3,(H,28,32)(H,29,33)/t18-/m1/s1. The second kappa shape index (κ2) is 11.2. The maximum absolute atomic E-state index is 13.0. The highest BCUT2D eigenvalue weighted by Gasteiger charge is 2.39. The Morgan fingerprint density at radius 2 is 1.89 bits per heavy atom. The zero-order valence-corrected chi connectivity index (χ0v) is 21.4. The number of hydrogen-bond donors (Lipinski definition) is 2. The van der Waals surface area contributed by atoms with Crippen LogP contribution < -0.4 is 10.6 Å². The van der Waals surface area contributed by atoms with E-state index in [1.165, 1.54) is 0 Å². The van der Waals surface area contributed by atoms with Crippen molar-refractivity contribution < 1.29 is 23.9 Å². The van der Waals surface area contributed by atoms with Gasteiger partial charge < -0.3 is 20.1 Å². The molecule has 1 aromatic heterocycles. The van der Waals surface area contributed by atoms with Gasteiger partial charge in [-0.3, -0.25) is 14.3 Å². The van der Waals surface area contributed by atoms with Crippen molar-refractivity contribution in [2.75, 3.05) is 32.9 Å². The monoisotopic (exact) mass is 496 g/mol. The van der Waals surface area contributed by atoms with E-state index in [2.05, 4.69) is 10.6 Å². The highest BCUT2D eigenvalue weighted by molar-refractivity contribution is 5.97. The number of fused-ring (bicyclic) bond motifs is 1. The summed E-state index contributed by atoms with van der Waals surface area (Å²) >= 11 is 0. The summed E-state index contributed by atoms with van der Waals surface area (Å²) in [7, 11) is 0. The quantitative estimate of drug-likeness (QED) is 0.544. The molecule has 1 atom stereocenters. The Morgan fingerprint density at radius 1 is 1.19 bits per heavy atom. The van der Waals surface area contributed by atoms with Crippen LogP contribution in [-0.2, 0) is 28.9 Å². The lowest BCUT2D eigenvalue weighted by Gasteiger charge is -2.36. The lowest BCUT2D eigenvalue weighted by atomic mass is 9.76. The number of nitrogens with one attached hydrogen (secondary N) is 2. The summed E-state index contributed by atoms with van der Waals surface area (Å²) in [4.78, 5) is 37.5.